The standard InChI is InChI=1S/C16H18N2OS/c1-10-4-5-11(2)14(8-10)20-15-9-12(19-3)6-7-13(15)16(17)18/h4-9H,1-3H3,(H3,17,18). The van der Waals surface area contributed by atoms with Crippen LogP contribution < -0.4 is 10.5 Å². The molecule has 20 heavy (non-hydrogen) atoms. The number of methoxy groups -OCH3 is 1. The number of aryl methyl sites for hydroxylation is 2. The molecule has 2 aromatic carbocycles. The van der Waals surface area contributed by atoms with Gasteiger partial charge in [0.15, 0.2) is 0 Å². The zero-order valence-corrected chi connectivity index (χ0v) is 12.7. The normalized spacial score (nSPS) is 10.3. The van der Waals surface area contributed by atoms with Crippen molar-refractivity contribution in [3.63, 3.8) is 0 Å². The number of ether oxygens (including phenoxy) is 1. The highest BCUT2D eigenvalue weighted by molar-refractivity contribution is 7.99. The van der Waals surface area contributed by atoms with Crippen LogP contribution in [-0.4, -0.2) is 12.9 Å². The van der Waals surface area contributed by atoms with Gasteiger partial charge in [0.2, 0.25) is 0 Å². The summed E-state index contributed by atoms with van der Waals surface area (Å²) in [6.45, 7) is 4.15. The SMILES string of the molecule is COc1ccc(C(=N)N)c(Sc2cc(C)ccc2C)c1. The molecule has 0 aliphatic heterocycles. The predicted molar refractivity (Wildman–Crippen MR) is 84.0 cm³/mol. The van der Waals surface area contributed by atoms with Crippen LogP contribution >= 0.6 is 11.8 Å². The van der Waals surface area contributed by atoms with Crippen molar-refractivity contribution in [2.75, 3.05) is 7.11 Å². The number of nitrogens with one attached hydrogen (secondary N) is 1. The van der Waals surface area contributed by atoms with Crippen molar-refractivity contribution in [3.8, 4) is 5.75 Å². The molecule has 0 aliphatic carbocycles. The molecule has 2 aromatic rings. The quantitative estimate of drug-likeness (QED) is 0.665. The Bertz CT molecular complexity index is 653. The lowest BCUT2D eigenvalue weighted by molar-refractivity contribution is 0.413. The molecule has 0 saturated carbocycles. The van der Waals surface area contributed by atoms with Gasteiger partial charge in [-0.25, -0.2) is 0 Å². The van der Waals surface area contributed by atoms with Crippen LogP contribution in [0.25, 0.3) is 0 Å². The van der Waals surface area contributed by atoms with Crippen molar-refractivity contribution in [2.24, 2.45) is 5.73 Å². The van der Waals surface area contributed by atoms with E-state index in [-0.39, 0.29) is 5.84 Å². The Labute approximate surface area is 123 Å². The molecule has 0 fully saturated rings. The fourth-order valence-electron chi connectivity index (χ4n) is 1.87. The van der Waals surface area contributed by atoms with Gasteiger partial charge in [0.25, 0.3) is 0 Å². The number of benzene rings is 2. The summed E-state index contributed by atoms with van der Waals surface area (Å²) >= 11 is 1.61. The Morgan fingerprint density at radius 2 is 1.85 bits per heavy atom. The maximum Gasteiger partial charge on any atom is 0.123 e. The van der Waals surface area contributed by atoms with Crippen LogP contribution in [0, 0.1) is 19.3 Å². The molecule has 0 unspecified atom stereocenters. The maximum absolute atomic E-state index is 7.69. The Kier molecular flexibility index (Phi) is 4.35. The highest BCUT2D eigenvalue weighted by Crippen LogP contribution is 2.35. The lowest BCUT2D eigenvalue weighted by Crippen LogP contribution is -2.12. The minimum Gasteiger partial charge on any atom is -0.497 e. The van der Waals surface area contributed by atoms with Crippen molar-refractivity contribution in [1.29, 1.82) is 5.41 Å². The van der Waals surface area contributed by atoms with Crippen molar-refractivity contribution >= 4 is 17.6 Å². The Morgan fingerprint density at radius 1 is 1.10 bits per heavy atom. The van der Waals surface area contributed by atoms with Crippen LogP contribution in [0.4, 0.5) is 0 Å². The molecule has 0 atom stereocenters. The van der Waals surface area contributed by atoms with E-state index in [0.717, 1.165) is 16.2 Å². The molecule has 0 aromatic heterocycles. The van der Waals surface area contributed by atoms with Crippen molar-refractivity contribution in [2.45, 2.75) is 23.6 Å². The largest absolute Gasteiger partial charge is 0.497 e. The second-order valence-corrected chi connectivity index (χ2v) is 5.73. The van der Waals surface area contributed by atoms with E-state index in [1.165, 1.54) is 16.0 Å². The molecule has 3 N–H and O–H groups in total. The zero-order valence-electron chi connectivity index (χ0n) is 11.9. The molecule has 104 valence electrons. The molecule has 0 spiro atoms. The summed E-state index contributed by atoms with van der Waals surface area (Å²) in [5.74, 6) is 0.836. The average Bonchev–Trinajstić information content (AvgIpc) is 2.42. The van der Waals surface area contributed by atoms with Gasteiger partial charge in [-0.3, -0.25) is 5.41 Å². The number of rotatable bonds is 4. The van der Waals surface area contributed by atoms with Gasteiger partial charge in [-0.15, -0.1) is 0 Å². The Balaban J connectivity index is 2.45. The summed E-state index contributed by atoms with van der Waals surface area (Å²) < 4.78 is 5.26. The third-order valence-electron chi connectivity index (χ3n) is 3.04. The molecule has 4 heteroatoms. The number of nitrogens with two attached hydrogens (primary N) is 1. The topological polar surface area (TPSA) is 59.1 Å². The van der Waals surface area contributed by atoms with Gasteiger partial charge in [0, 0.05) is 15.4 Å². The molecule has 0 amide bonds. The predicted octanol–water partition coefficient (Wildman–Crippen LogP) is 3.75. The number of nitrogen functional groups attached to an aromatic ring is 1. The van der Waals surface area contributed by atoms with E-state index < -0.39 is 0 Å². The van der Waals surface area contributed by atoms with E-state index in [2.05, 4.69) is 32.0 Å². The highest BCUT2D eigenvalue weighted by atomic mass is 32.2. The van der Waals surface area contributed by atoms with Gasteiger partial charge in [-0.2, -0.15) is 0 Å². The average molecular weight is 286 g/mol. The minimum absolute atomic E-state index is 0.0699. The first-order valence-corrected chi connectivity index (χ1v) is 7.10. The first-order valence-electron chi connectivity index (χ1n) is 6.29. The summed E-state index contributed by atoms with van der Waals surface area (Å²) in [5.41, 5.74) is 8.81. The minimum atomic E-state index is 0.0699. The van der Waals surface area contributed by atoms with Crippen molar-refractivity contribution in [3.05, 3.63) is 53.1 Å². The van der Waals surface area contributed by atoms with Crippen LogP contribution in [-0.2, 0) is 0 Å². The van der Waals surface area contributed by atoms with E-state index in [0.29, 0.717) is 0 Å². The van der Waals surface area contributed by atoms with Gasteiger partial charge in [0.05, 0.1) is 7.11 Å². The summed E-state index contributed by atoms with van der Waals surface area (Å²) in [4.78, 5) is 2.10. The van der Waals surface area contributed by atoms with Crippen LogP contribution in [0.2, 0.25) is 0 Å². The van der Waals surface area contributed by atoms with Gasteiger partial charge in [-0.1, -0.05) is 23.9 Å². The molecule has 0 heterocycles. The highest BCUT2D eigenvalue weighted by Gasteiger charge is 2.10. The molecular formula is C16H18N2OS. The third kappa shape index (κ3) is 3.14. The Hall–Kier alpha value is -1.94. The van der Waals surface area contributed by atoms with E-state index in [4.69, 9.17) is 15.9 Å². The summed E-state index contributed by atoms with van der Waals surface area (Å²) in [6, 6.07) is 11.9. The Morgan fingerprint density at radius 3 is 2.50 bits per heavy atom. The van der Waals surface area contributed by atoms with Crippen LogP contribution in [0.5, 0.6) is 5.75 Å². The second-order valence-electron chi connectivity index (χ2n) is 4.65. The molecule has 3 nitrogen and oxygen atoms in total. The summed E-state index contributed by atoms with van der Waals surface area (Å²) in [7, 11) is 1.63. The zero-order chi connectivity index (χ0) is 14.7. The van der Waals surface area contributed by atoms with E-state index in [9.17, 15) is 0 Å². The fraction of sp³-hybridized carbons (Fsp3) is 0.188. The smallest absolute Gasteiger partial charge is 0.123 e. The summed E-state index contributed by atoms with van der Waals surface area (Å²) in [6.07, 6.45) is 0. The molecule has 0 aliphatic rings. The van der Waals surface area contributed by atoms with Crippen molar-refractivity contribution < 1.29 is 4.74 Å². The van der Waals surface area contributed by atoms with Gasteiger partial charge >= 0.3 is 0 Å². The lowest BCUT2D eigenvalue weighted by Gasteiger charge is -2.12. The van der Waals surface area contributed by atoms with Crippen molar-refractivity contribution in [1.82, 2.24) is 0 Å². The maximum atomic E-state index is 7.69. The van der Waals surface area contributed by atoms with Crippen LogP contribution in [0.3, 0.4) is 0 Å². The lowest BCUT2D eigenvalue weighted by atomic mass is 10.2. The summed E-state index contributed by atoms with van der Waals surface area (Å²) in [5, 5.41) is 7.69. The first-order chi connectivity index (χ1) is 9.51. The van der Waals surface area contributed by atoms with E-state index in [1.807, 2.05) is 18.2 Å². The monoisotopic (exact) mass is 286 g/mol. The molecule has 0 saturated heterocycles. The van der Waals surface area contributed by atoms with Crippen LogP contribution in [0.1, 0.15) is 16.7 Å². The van der Waals surface area contributed by atoms with Gasteiger partial charge in [0.1, 0.15) is 11.6 Å². The molecule has 0 radical (unpaired) electrons. The second kappa shape index (κ2) is 6.01. The first kappa shape index (κ1) is 14.5. The van der Waals surface area contributed by atoms with E-state index in [1.54, 1.807) is 18.9 Å². The molecule has 2 rings (SSSR count). The van der Waals surface area contributed by atoms with E-state index >= 15 is 0 Å². The van der Waals surface area contributed by atoms with Gasteiger partial charge in [-0.05, 0) is 49.2 Å². The third-order valence-corrected chi connectivity index (χ3v) is 4.26. The number of amidine groups is 1. The fourth-order valence-corrected chi connectivity index (χ4v) is 3.05. The number of hydrogen-bond acceptors (Lipinski definition) is 3. The van der Waals surface area contributed by atoms with Gasteiger partial charge < -0.3 is 10.5 Å². The molecular weight excluding hydrogens is 268 g/mol. The van der Waals surface area contributed by atoms with Crippen LogP contribution in [0.15, 0.2) is 46.2 Å². The number of hydrogen-bond donors (Lipinski definition) is 2. The molecule has 0 bridgehead atoms.